The van der Waals surface area contributed by atoms with Crippen molar-refractivity contribution >= 4 is 27.4 Å². The molecule has 9 heteroatoms. The number of hydrogen-bond acceptors (Lipinski definition) is 5. The van der Waals surface area contributed by atoms with Gasteiger partial charge >= 0.3 is 5.97 Å². The van der Waals surface area contributed by atoms with E-state index in [0.717, 1.165) is 16.4 Å². The molecule has 19 heavy (non-hydrogen) atoms. The second kappa shape index (κ2) is 4.50. The summed E-state index contributed by atoms with van der Waals surface area (Å²) in [5, 5.41) is 19.7. The maximum Gasteiger partial charge on any atom is 0.342 e. The number of carbonyl (C=O) groups is 1. The third-order valence-electron chi connectivity index (χ3n) is 2.80. The Morgan fingerprint density at radius 2 is 2.11 bits per heavy atom. The van der Waals surface area contributed by atoms with E-state index < -0.39 is 32.2 Å². The molecule has 1 heterocycles. The van der Waals surface area contributed by atoms with Gasteiger partial charge in [-0.05, 0) is 18.6 Å². The number of nitrogens with zero attached hydrogens (tertiary/aromatic N) is 2. The van der Waals surface area contributed by atoms with Crippen molar-refractivity contribution in [1.82, 2.24) is 0 Å². The van der Waals surface area contributed by atoms with Crippen LogP contribution in [0.1, 0.15) is 16.8 Å². The van der Waals surface area contributed by atoms with Gasteiger partial charge in [0, 0.05) is 12.6 Å². The first-order chi connectivity index (χ1) is 8.83. The number of rotatable bonds is 3. The summed E-state index contributed by atoms with van der Waals surface area (Å²) in [6.45, 7) is 0.242. The largest absolute Gasteiger partial charge is 0.477 e. The quantitative estimate of drug-likeness (QED) is 0.649. The molecular weight excluding hydrogens is 276 g/mol. The summed E-state index contributed by atoms with van der Waals surface area (Å²) in [6.07, 6.45) is 0.441. The molecule has 1 saturated heterocycles. The van der Waals surface area contributed by atoms with Crippen LogP contribution in [0.15, 0.2) is 18.2 Å². The van der Waals surface area contributed by atoms with Crippen LogP contribution in [0.5, 0.6) is 0 Å². The zero-order valence-electron chi connectivity index (χ0n) is 9.64. The molecule has 1 aliphatic rings. The van der Waals surface area contributed by atoms with Crippen LogP contribution in [0.2, 0.25) is 0 Å². The lowest BCUT2D eigenvalue weighted by atomic mass is 10.1. The Balaban J connectivity index is 2.53. The molecule has 0 radical (unpaired) electrons. The zero-order chi connectivity index (χ0) is 14.2. The third kappa shape index (κ3) is 2.36. The number of anilines is 1. The van der Waals surface area contributed by atoms with Crippen LogP contribution in [-0.2, 0) is 10.0 Å². The predicted molar refractivity (Wildman–Crippen MR) is 65.8 cm³/mol. The van der Waals surface area contributed by atoms with Gasteiger partial charge in [0.1, 0.15) is 5.56 Å². The van der Waals surface area contributed by atoms with Crippen LogP contribution in [-0.4, -0.2) is 36.7 Å². The number of carboxylic acids is 1. The smallest absolute Gasteiger partial charge is 0.342 e. The van der Waals surface area contributed by atoms with Gasteiger partial charge in [0.25, 0.3) is 5.69 Å². The summed E-state index contributed by atoms with van der Waals surface area (Å²) in [7, 11) is -3.45. The van der Waals surface area contributed by atoms with Gasteiger partial charge in [0.2, 0.25) is 10.0 Å². The van der Waals surface area contributed by atoms with E-state index in [0.29, 0.717) is 6.42 Å². The van der Waals surface area contributed by atoms with E-state index in [9.17, 15) is 23.3 Å². The van der Waals surface area contributed by atoms with Gasteiger partial charge in [-0.3, -0.25) is 14.4 Å². The average Bonchev–Trinajstić information content (AvgIpc) is 2.68. The highest BCUT2D eigenvalue weighted by molar-refractivity contribution is 7.93. The Morgan fingerprint density at radius 3 is 2.58 bits per heavy atom. The second-order valence-electron chi connectivity index (χ2n) is 4.01. The van der Waals surface area contributed by atoms with Crippen LogP contribution >= 0.6 is 0 Å². The standard InChI is InChI=1S/C10H10N2O6S/c13-10(14)8-3-2-7(6-9(8)12(15)16)11-4-1-5-19(11,17)18/h2-3,6H,1,4-5H2,(H,13,14). The highest BCUT2D eigenvalue weighted by Gasteiger charge is 2.30. The lowest BCUT2D eigenvalue weighted by Gasteiger charge is -2.16. The van der Waals surface area contributed by atoms with Crippen molar-refractivity contribution in [2.45, 2.75) is 6.42 Å². The van der Waals surface area contributed by atoms with E-state index in [-0.39, 0.29) is 18.0 Å². The third-order valence-corrected chi connectivity index (χ3v) is 4.67. The van der Waals surface area contributed by atoms with Crippen LogP contribution < -0.4 is 4.31 Å². The van der Waals surface area contributed by atoms with Gasteiger partial charge in [0.15, 0.2) is 0 Å². The maximum atomic E-state index is 11.7. The summed E-state index contributed by atoms with van der Waals surface area (Å²) in [5.41, 5.74) is -0.966. The molecule has 1 aliphatic heterocycles. The predicted octanol–water partition coefficient (Wildman–Crippen LogP) is 0.833. The SMILES string of the molecule is O=C(O)c1ccc(N2CCCS2(=O)=O)cc1[N+](=O)[O-]. The first-order valence-electron chi connectivity index (χ1n) is 5.35. The van der Waals surface area contributed by atoms with Crippen LogP contribution in [0.4, 0.5) is 11.4 Å². The maximum absolute atomic E-state index is 11.7. The number of carboxylic acid groups (broad SMARTS) is 1. The summed E-state index contributed by atoms with van der Waals surface area (Å²) in [5.74, 6) is -1.44. The minimum absolute atomic E-state index is 0.0124. The van der Waals surface area contributed by atoms with Crippen molar-refractivity contribution in [1.29, 1.82) is 0 Å². The minimum atomic E-state index is -3.45. The number of benzene rings is 1. The molecule has 0 amide bonds. The molecule has 1 N–H and O–H groups in total. The number of nitro benzene ring substituents is 1. The van der Waals surface area contributed by atoms with E-state index >= 15 is 0 Å². The normalized spacial score (nSPS) is 17.4. The Hall–Kier alpha value is -2.16. The molecule has 1 aromatic rings. The minimum Gasteiger partial charge on any atom is -0.477 e. The molecule has 0 atom stereocenters. The van der Waals surface area contributed by atoms with Gasteiger partial charge in [-0.2, -0.15) is 0 Å². The van der Waals surface area contributed by atoms with Gasteiger partial charge in [0.05, 0.1) is 16.4 Å². The van der Waals surface area contributed by atoms with Gasteiger partial charge < -0.3 is 5.11 Å². The van der Waals surface area contributed by atoms with Crippen molar-refractivity contribution in [3.63, 3.8) is 0 Å². The molecule has 0 aliphatic carbocycles. The Morgan fingerprint density at radius 1 is 1.42 bits per heavy atom. The molecule has 0 bridgehead atoms. The van der Waals surface area contributed by atoms with Crippen LogP contribution in [0.25, 0.3) is 0 Å². The van der Waals surface area contributed by atoms with Crippen molar-refractivity contribution < 1.29 is 23.2 Å². The molecule has 1 aromatic carbocycles. The highest BCUT2D eigenvalue weighted by atomic mass is 32.2. The van der Waals surface area contributed by atoms with Crippen molar-refractivity contribution in [2.24, 2.45) is 0 Å². The lowest BCUT2D eigenvalue weighted by Crippen LogP contribution is -2.25. The molecule has 1 fully saturated rings. The first kappa shape index (κ1) is 13.3. The Labute approximate surface area is 108 Å². The Bertz CT molecular complexity index is 654. The van der Waals surface area contributed by atoms with E-state index in [1.807, 2.05) is 0 Å². The van der Waals surface area contributed by atoms with E-state index in [1.54, 1.807) is 0 Å². The molecule has 0 saturated carbocycles. The topological polar surface area (TPSA) is 118 Å². The fourth-order valence-electron chi connectivity index (χ4n) is 1.94. The van der Waals surface area contributed by atoms with E-state index in [1.165, 1.54) is 6.07 Å². The van der Waals surface area contributed by atoms with Crippen molar-refractivity contribution in [2.75, 3.05) is 16.6 Å². The fourth-order valence-corrected chi connectivity index (χ4v) is 3.49. The number of aromatic carboxylic acids is 1. The summed E-state index contributed by atoms with van der Waals surface area (Å²) >= 11 is 0. The van der Waals surface area contributed by atoms with E-state index in [4.69, 9.17) is 5.11 Å². The van der Waals surface area contributed by atoms with Gasteiger partial charge in [-0.1, -0.05) is 0 Å². The molecule has 8 nitrogen and oxygen atoms in total. The molecular formula is C10H10N2O6S. The highest BCUT2D eigenvalue weighted by Crippen LogP contribution is 2.29. The van der Waals surface area contributed by atoms with Crippen LogP contribution in [0.3, 0.4) is 0 Å². The Kier molecular flexibility index (Phi) is 3.14. The summed E-state index contributed by atoms with van der Waals surface area (Å²) < 4.78 is 24.5. The lowest BCUT2D eigenvalue weighted by molar-refractivity contribution is -0.385. The zero-order valence-corrected chi connectivity index (χ0v) is 10.5. The monoisotopic (exact) mass is 286 g/mol. The molecule has 102 valence electrons. The number of nitro groups is 1. The van der Waals surface area contributed by atoms with Crippen molar-refractivity contribution in [3.05, 3.63) is 33.9 Å². The van der Waals surface area contributed by atoms with E-state index in [2.05, 4.69) is 0 Å². The fraction of sp³-hybridized carbons (Fsp3) is 0.300. The van der Waals surface area contributed by atoms with Gasteiger partial charge in [-0.15, -0.1) is 0 Å². The number of sulfonamides is 1. The molecule has 2 rings (SSSR count). The second-order valence-corrected chi connectivity index (χ2v) is 6.02. The molecule has 0 spiro atoms. The first-order valence-corrected chi connectivity index (χ1v) is 6.96. The molecule has 0 unspecified atom stereocenters. The summed E-state index contributed by atoms with van der Waals surface area (Å²) in [4.78, 5) is 20.8. The molecule has 0 aromatic heterocycles. The average molecular weight is 286 g/mol. The van der Waals surface area contributed by atoms with Crippen molar-refractivity contribution in [3.8, 4) is 0 Å². The summed E-state index contributed by atoms with van der Waals surface area (Å²) in [6, 6.07) is 3.29. The van der Waals surface area contributed by atoms with Crippen LogP contribution in [0, 0.1) is 10.1 Å². The number of hydrogen-bond donors (Lipinski definition) is 1. The van der Waals surface area contributed by atoms with Gasteiger partial charge in [-0.25, -0.2) is 13.2 Å².